The number of aliphatic hydroxyl groups excluding tert-OH is 1. The number of benzene rings is 1. The van der Waals surface area contributed by atoms with E-state index < -0.39 is 11.6 Å². The fourth-order valence-electron chi connectivity index (χ4n) is 3.42. The van der Waals surface area contributed by atoms with E-state index >= 15 is 0 Å². The molecule has 0 bridgehead atoms. The summed E-state index contributed by atoms with van der Waals surface area (Å²) in [5.74, 6) is -1.05. The van der Waals surface area contributed by atoms with E-state index in [1.165, 1.54) is 18.2 Å². The highest BCUT2D eigenvalue weighted by atomic mass is 19.1. The lowest BCUT2D eigenvalue weighted by Gasteiger charge is -2.28. The highest BCUT2D eigenvalue weighted by Gasteiger charge is 2.43. The molecule has 2 saturated carbocycles. The summed E-state index contributed by atoms with van der Waals surface area (Å²) in [5, 5.41) is 14.8. The SMILES string of the molecule is O=C(NC1CCC(CO)CC1)NC1CC1c1c(F)cccc1F. The maximum Gasteiger partial charge on any atom is 0.315 e. The average Bonchev–Trinajstić information content (AvgIpc) is 3.26. The summed E-state index contributed by atoms with van der Waals surface area (Å²) in [5.41, 5.74) is 0.0706. The molecule has 0 aromatic heterocycles. The Morgan fingerprint density at radius 2 is 1.78 bits per heavy atom. The van der Waals surface area contributed by atoms with E-state index in [1.54, 1.807) is 0 Å². The molecule has 0 radical (unpaired) electrons. The topological polar surface area (TPSA) is 61.4 Å². The number of urea groups is 1. The van der Waals surface area contributed by atoms with Gasteiger partial charge in [-0.2, -0.15) is 0 Å². The lowest BCUT2D eigenvalue weighted by molar-refractivity contribution is 0.174. The monoisotopic (exact) mass is 324 g/mol. The summed E-state index contributed by atoms with van der Waals surface area (Å²) in [6.07, 6.45) is 4.09. The van der Waals surface area contributed by atoms with Crippen LogP contribution in [0.1, 0.15) is 43.6 Å². The zero-order chi connectivity index (χ0) is 16.4. The molecule has 2 aliphatic carbocycles. The van der Waals surface area contributed by atoms with Crippen LogP contribution < -0.4 is 10.6 Å². The van der Waals surface area contributed by atoms with E-state index in [1.807, 2.05) is 0 Å². The van der Waals surface area contributed by atoms with Crippen molar-refractivity contribution < 1.29 is 18.7 Å². The molecule has 0 heterocycles. The third-order valence-corrected chi connectivity index (χ3v) is 4.92. The van der Waals surface area contributed by atoms with Crippen LogP contribution in [0, 0.1) is 17.6 Å². The zero-order valence-corrected chi connectivity index (χ0v) is 12.9. The van der Waals surface area contributed by atoms with Crippen LogP contribution in [-0.2, 0) is 0 Å². The van der Waals surface area contributed by atoms with Crippen LogP contribution in [-0.4, -0.2) is 29.8 Å². The highest BCUT2D eigenvalue weighted by Crippen LogP contribution is 2.43. The number of hydrogen-bond donors (Lipinski definition) is 3. The van der Waals surface area contributed by atoms with Gasteiger partial charge in [0.05, 0.1) is 0 Å². The minimum absolute atomic E-state index is 0.0706. The number of aliphatic hydroxyl groups is 1. The molecular weight excluding hydrogens is 302 g/mol. The lowest BCUT2D eigenvalue weighted by Crippen LogP contribution is -2.44. The predicted molar refractivity (Wildman–Crippen MR) is 82.0 cm³/mol. The van der Waals surface area contributed by atoms with Crippen LogP contribution in [0.15, 0.2) is 18.2 Å². The Morgan fingerprint density at radius 3 is 2.39 bits per heavy atom. The van der Waals surface area contributed by atoms with Gasteiger partial charge in [-0.1, -0.05) is 6.07 Å². The molecule has 6 heteroatoms. The molecule has 1 aromatic rings. The summed E-state index contributed by atoms with van der Waals surface area (Å²) >= 11 is 0. The molecule has 0 spiro atoms. The number of rotatable bonds is 4. The van der Waals surface area contributed by atoms with Crippen LogP contribution in [0.3, 0.4) is 0 Å². The summed E-state index contributed by atoms with van der Waals surface area (Å²) in [6.45, 7) is 0.205. The fraction of sp³-hybridized carbons (Fsp3) is 0.588. The Morgan fingerprint density at radius 1 is 1.13 bits per heavy atom. The Balaban J connectivity index is 1.47. The van der Waals surface area contributed by atoms with E-state index in [2.05, 4.69) is 10.6 Å². The van der Waals surface area contributed by atoms with Crippen molar-refractivity contribution in [2.75, 3.05) is 6.61 Å². The van der Waals surface area contributed by atoms with Crippen LogP contribution in [0.4, 0.5) is 13.6 Å². The molecule has 23 heavy (non-hydrogen) atoms. The van der Waals surface area contributed by atoms with Gasteiger partial charge in [0.1, 0.15) is 11.6 Å². The third-order valence-electron chi connectivity index (χ3n) is 4.92. The first-order valence-electron chi connectivity index (χ1n) is 8.20. The first kappa shape index (κ1) is 16.2. The minimum atomic E-state index is -0.554. The molecule has 4 nitrogen and oxygen atoms in total. The molecule has 3 N–H and O–H groups in total. The summed E-state index contributed by atoms with van der Waals surface area (Å²) in [6, 6.07) is 3.45. The van der Waals surface area contributed by atoms with Gasteiger partial charge in [-0.05, 0) is 50.2 Å². The Kier molecular flexibility index (Phi) is 4.80. The van der Waals surface area contributed by atoms with Gasteiger partial charge < -0.3 is 15.7 Å². The first-order chi connectivity index (χ1) is 11.1. The zero-order valence-electron chi connectivity index (χ0n) is 12.9. The van der Waals surface area contributed by atoms with Crippen molar-refractivity contribution in [2.45, 2.75) is 50.1 Å². The van der Waals surface area contributed by atoms with Gasteiger partial charge in [0.25, 0.3) is 0 Å². The van der Waals surface area contributed by atoms with E-state index in [9.17, 15) is 13.6 Å². The van der Waals surface area contributed by atoms with E-state index in [-0.39, 0.29) is 36.2 Å². The quantitative estimate of drug-likeness (QED) is 0.797. The van der Waals surface area contributed by atoms with Gasteiger partial charge in [-0.25, -0.2) is 13.6 Å². The van der Waals surface area contributed by atoms with Crippen molar-refractivity contribution in [3.05, 3.63) is 35.4 Å². The number of carbonyl (C=O) groups excluding carboxylic acids is 1. The van der Waals surface area contributed by atoms with Gasteiger partial charge >= 0.3 is 6.03 Å². The second-order valence-electron chi connectivity index (χ2n) is 6.60. The van der Waals surface area contributed by atoms with E-state index in [4.69, 9.17) is 5.11 Å². The maximum atomic E-state index is 13.7. The molecule has 126 valence electrons. The average molecular weight is 324 g/mol. The van der Waals surface area contributed by atoms with Crippen molar-refractivity contribution in [1.82, 2.24) is 10.6 Å². The number of hydrogen-bond acceptors (Lipinski definition) is 2. The smallest absolute Gasteiger partial charge is 0.315 e. The summed E-state index contributed by atoms with van der Waals surface area (Å²) in [4.78, 5) is 12.0. The van der Waals surface area contributed by atoms with Crippen LogP contribution in [0.5, 0.6) is 0 Å². The Bertz CT molecular complexity index is 553. The van der Waals surface area contributed by atoms with Gasteiger partial charge in [-0.3, -0.25) is 0 Å². The summed E-state index contributed by atoms with van der Waals surface area (Å²) in [7, 11) is 0. The largest absolute Gasteiger partial charge is 0.396 e. The second kappa shape index (κ2) is 6.83. The van der Waals surface area contributed by atoms with Crippen LogP contribution in [0.2, 0.25) is 0 Å². The fourth-order valence-corrected chi connectivity index (χ4v) is 3.42. The molecule has 3 rings (SSSR count). The number of amides is 2. The van der Waals surface area contributed by atoms with Crippen LogP contribution >= 0.6 is 0 Å². The minimum Gasteiger partial charge on any atom is -0.396 e. The van der Waals surface area contributed by atoms with Crippen molar-refractivity contribution in [3.8, 4) is 0 Å². The van der Waals surface area contributed by atoms with Crippen LogP contribution in [0.25, 0.3) is 0 Å². The molecule has 0 aliphatic heterocycles. The number of halogens is 2. The van der Waals surface area contributed by atoms with Gasteiger partial charge in [0.2, 0.25) is 0 Å². The highest BCUT2D eigenvalue weighted by molar-refractivity contribution is 5.75. The van der Waals surface area contributed by atoms with Crippen molar-refractivity contribution >= 4 is 6.03 Å². The molecule has 2 amide bonds. The maximum absolute atomic E-state index is 13.7. The molecular formula is C17H22F2N2O2. The van der Waals surface area contributed by atoms with Crippen molar-refractivity contribution in [2.24, 2.45) is 5.92 Å². The lowest BCUT2D eigenvalue weighted by atomic mass is 9.87. The molecule has 2 fully saturated rings. The first-order valence-corrected chi connectivity index (χ1v) is 8.20. The molecule has 2 aliphatic rings. The number of nitrogens with one attached hydrogen (secondary N) is 2. The normalized spacial score (nSPS) is 29.9. The molecule has 0 saturated heterocycles. The van der Waals surface area contributed by atoms with Crippen molar-refractivity contribution in [3.63, 3.8) is 0 Å². The Labute approximate surface area is 134 Å². The van der Waals surface area contributed by atoms with Crippen molar-refractivity contribution in [1.29, 1.82) is 0 Å². The van der Waals surface area contributed by atoms with E-state index in [0.717, 1.165) is 25.7 Å². The molecule has 1 aromatic carbocycles. The van der Waals surface area contributed by atoms with Gasteiger partial charge in [0, 0.05) is 30.2 Å². The number of carbonyl (C=O) groups is 1. The molecule has 2 atom stereocenters. The third kappa shape index (κ3) is 3.80. The molecule has 2 unspecified atom stereocenters. The standard InChI is InChI=1S/C17H22F2N2O2/c18-13-2-1-3-14(19)16(13)12-8-15(12)21-17(23)20-11-6-4-10(9-22)5-7-11/h1-3,10-12,15,22H,4-9H2,(H2,20,21,23). The van der Waals surface area contributed by atoms with Gasteiger partial charge in [-0.15, -0.1) is 0 Å². The second-order valence-corrected chi connectivity index (χ2v) is 6.60. The van der Waals surface area contributed by atoms with Gasteiger partial charge in [0.15, 0.2) is 0 Å². The Hall–Kier alpha value is -1.69. The predicted octanol–water partition coefficient (Wildman–Crippen LogP) is 2.67. The van der Waals surface area contributed by atoms with E-state index in [0.29, 0.717) is 12.3 Å². The summed E-state index contributed by atoms with van der Waals surface area (Å²) < 4.78 is 27.4.